The number of aliphatic hydroxyl groups is 1. The van der Waals surface area contributed by atoms with E-state index in [1.807, 2.05) is 49.0 Å². The van der Waals surface area contributed by atoms with Crippen LogP contribution in [0.25, 0.3) is 10.9 Å². The molecule has 0 unspecified atom stereocenters. The molecule has 2 aromatic heterocycles. The fourth-order valence-corrected chi connectivity index (χ4v) is 7.49. The normalized spacial score (nSPS) is 18.1. The van der Waals surface area contributed by atoms with E-state index < -0.39 is 22.2 Å². The minimum atomic E-state index is -3.96. The molecule has 0 saturated heterocycles. The predicted molar refractivity (Wildman–Crippen MR) is 173 cm³/mol. The summed E-state index contributed by atoms with van der Waals surface area (Å²) < 4.78 is 41.9. The Kier molecular flexibility index (Phi) is 9.57. The Labute approximate surface area is 269 Å². The number of carbonyl (C=O) groups excluding carboxylic acids is 2. The van der Waals surface area contributed by atoms with Crippen molar-refractivity contribution in [2.24, 2.45) is 13.0 Å². The third-order valence-corrected chi connectivity index (χ3v) is 10.7. The van der Waals surface area contributed by atoms with Gasteiger partial charge in [-0.05, 0) is 50.6 Å². The van der Waals surface area contributed by atoms with Gasteiger partial charge in [0.05, 0.1) is 32.0 Å². The number of sulfonamides is 1. The zero-order valence-electron chi connectivity index (χ0n) is 27.0. The van der Waals surface area contributed by atoms with Gasteiger partial charge in [-0.25, -0.2) is 8.42 Å². The molecule has 1 aliphatic rings. The molecular weight excluding hydrogens is 610 g/mol. The zero-order chi connectivity index (χ0) is 33.3. The van der Waals surface area contributed by atoms with Crippen LogP contribution >= 0.6 is 0 Å². The lowest BCUT2D eigenvalue weighted by Gasteiger charge is -2.33. The van der Waals surface area contributed by atoms with Gasteiger partial charge in [0.2, 0.25) is 21.8 Å². The molecule has 0 aliphatic carbocycles. The number of ether oxygens (including phenoxy) is 1. The summed E-state index contributed by atoms with van der Waals surface area (Å²) in [6.45, 7) is 6.76. The molecule has 2 amide bonds. The van der Waals surface area contributed by atoms with Crippen molar-refractivity contribution < 1.29 is 32.4 Å². The number of para-hydroxylation sites is 1. The fraction of sp³-hybridized carbons (Fsp3) is 0.424. The smallest absolute Gasteiger partial charge is 0.248 e. The van der Waals surface area contributed by atoms with Gasteiger partial charge in [-0.15, -0.1) is 0 Å². The highest BCUT2D eigenvalue weighted by Gasteiger charge is 2.35. The average Bonchev–Trinajstić information content (AvgIpc) is 3.53. The Hall–Kier alpha value is -4.20. The summed E-state index contributed by atoms with van der Waals surface area (Å²) in [5.41, 5.74) is 3.25. The van der Waals surface area contributed by atoms with Crippen LogP contribution in [0, 0.1) is 19.8 Å². The van der Waals surface area contributed by atoms with Crippen molar-refractivity contribution in [3.63, 3.8) is 0 Å². The average molecular weight is 652 g/mol. The first-order valence-corrected chi connectivity index (χ1v) is 16.7. The minimum absolute atomic E-state index is 0.0145. The lowest BCUT2D eigenvalue weighted by Crippen LogP contribution is -2.48. The highest BCUT2D eigenvalue weighted by Crippen LogP contribution is 2.31. The van der Waals surface area contributed by atoms with Gasteiger partial charge in [0, 0.05) is 54.9 Å². The Morgan fingerprint density at radius 2 is 1.96 bits per heavy atom. The predicted octanol–water partition coefficient (Wildman–Crippen LogP) is 3.43. The van der Waals surface area contributed by atoms with E-state index in [-0.39, 0.29) is 66.6 Å². The second-order valence-corrected chi connectivity index (χ2v) is 14.1. The van der Waals surface area contributed by atoms with Crippen molar-refractivity contribution >= 4 is 38.4 Å². The highest BCUT2D eigenvalue weighted by molar-refractivity contribution is 7.89. The zero-order valence-corrected chi connectivity index (χ0v) is 27.8. The number of aromatic nitrogens is 2. The first-order valence-electron chi connectivity index (χ1n) is 15.2. The van der Waals surface area contributed by atoms with Gasteiger partial charge in [0.1, 0.15) is 22.4 Å². The molecule has 4 aromatic rings. The van der Waals surface area contributed by atoms with Crippen LogP contribution in [0.2, 0.25) is 0 Å². The van der Waals surface area contributed by atoms with Crippen molar-refractivity contribution in [3.05, 3.63) is 71.2 Å². The number of nitrogens with one attached hydrogen (secondary N) is 1. The summed E-state index contributed by atoms with van der Waals surface area (Å²) in [6, 6.07) is 12.5. The molecule has 0 spiro atoms. The maximum Gasteiger partial charge on any atom is 0.248 e. The number of amides is 2. The lowest BCUT2D eigenvalue weighted by atomic mass is 10.0. The number of aryl methyl sites for hydroxylation is 3. The standard InChI is InChI=1S/C33H41N5O7S/c1-20-16-38(21(2)19-39)32(41)15-24-13-26(34-31(40)14-25-17-36(5)28-10-8-7-9-27(25)28)11-12-29(24)44-30(20)18-37(6)46(42,43)33-22(3)35-45-23(33)4/h7-13,17,20-21,30,39H,14-16,18-19H2,1-6H3,(H,34,40)/t20-,21-,30-/m0/s1. The van der Waals surface area contributed by atoms with E-state index >= 15 is 0 Å². The van der Waals surface area contributed by atoms with Gasteiger partial charge in [-0.3, -0.25) is 9.59 Å². The summed E-state index contributed by atoms with van der Waals surface area (Å²) in [5.74, 6) is -0.124. The van der Waals surface area contributed by atoms with E-state index in [2.05, 4.69) is 10.5 Å². The monoisotopic (exact) mass is 651 g/mol. The van der Waals surface area contributed by atoms with Gasteiger partial charge in [-0.2, -0.15) is 4.31 Å². The molecule has 246 valence electrons. The Morgan fingerprint density at radius 3 is 2.65 bits per heavy atom. The molecule has 3 atom stereocenters. The van der Waals surface area contributed by atoms with Gasteiger partial charge in [0.25, 0.3) is 0 Å². The van der Waals surface area contributed by atoms with E-state index in [1.165, 1.54) is 11.4 Å². The number of benzene rings is 2. The summed E-state index contributed by atoms with van der Waals surface area (Å²) >= 11 is 0. The van der Waals surface area contributed by atoms with E-state index in [0.29, 0.717) is 17.0 Å². The van der Waals surface area contributed by atoms with Crippen LogP contribution in [0.1, 0.15) is 36.4 Å². The first-order chi connectivity index (χ1) is 21.8. The van der Waals surface area contributed by atoms with Crippen LogP contribution in [0.4, 0.5) is 5.69 Å². The van der Waals surface area contributed by atoms with E-state index in [1.54, 1.807) is 43.9 Å². The highest BCUT2D eigenvalue weighted by atomic mass is 32.2. The number of anilines is 1. The summed E-state index contributed by atoms with van der Waals surface area (Å²) in [7, 11) is -0.551. The first kappa shape index (κ1) is 33.2. The van der Waals surface area contributed by atoms with Crippen LogP contribution < -0.4 is 10.1 Å². The van der Waals surface area contributed by atoms with Crippen molar-refractivity contribution in [2.45, 2.75) is 57.6 Å². The quantitative estimate of drug-likeness (QED) is 0.280. The van der Waals surface area contributed by atoms with E-state index in [9.17, 15) is 23.1 Å². The van der Waals surface area contributed by atoms with Gasteiger partial charge in [-0.1, -0.05) is 30.3 Å². The topological polar surface area (TPSA) is 147 Å². The number of likely N-dealkylation sites (N-methyl/N-ethyl adjacent to an activating group) is 1. The summed E-state index contributed by atoms with van der Waals surface area (Å²) in [4.78, 5) is 28.4. The van der Waals surface area contributed by atoms with E-state index in [0.717, 1.165) is 16.5 Å². The molecule has 12 nitrogen and oxygen atoms in total. The van der Waals surface area contributed by atoms with Crippen molar-refractivity contribution in [1.29, 1.82) is 0 Å². The third-order valence-electron chi connectivity index (χ3n) is 8.60. The van der Waals surface area contributed by atoms with Crippen LogP contribution in [-0.4, -0.2) is 83.2 Å². The largest absolute Gasteiger partial charge is 0.488 e. The second kappa shape index (κ2) is 13.3. The molecule has 0 bridgehead atoms. The molecule has 1 aliphatic heterocycles. The number of nitrogens with zero attached hydrogens (tertiary/aromatic N) is 4. The Balaban J connectivity index is 1.42. The van der Waals surface area contributed by atoms with Crippen molar-refractivity contribution in [1.82, 2.24) is 18.9 Å². The SMILES string of the molecule is Cc1noc(C)c1S(=O)(=O)N(C)C[C@@H]1Oc2ccc(NC(=O)Cc3cn(C)c4ccccc34)cc2CC(=O)N([C@@H](C)CO)C[C@@H]1C. The number of carbonyl (C=O) groups is 2. The van der Waals surface area contributed by atoms with Crippen molar-refractivity contribution in [2.75, 3.05) is 32.1 Å². The molecule has 0 saturated carbocycles. The molecule has 0 radical (unpaired) electrons. The maximum atomic E-state index is 13.6. The molecule has 3 heterocycles. The van der Waals surface area contributed by atoms with Crippen LogP contribution in [0.3, 0.4) is 0 Å². The van der Waals surface area contributed by atoms with Crippen LogP contribution in [0.15, 0.2) is 58.1 Å². The van der Waals surface area contributed by atoms with Gasteiger partial charge in [0.15, 0.2) is 5.76 Å². The number of rotatable bonds is 9. The minimum Gasteiger partial charge on any atom is -0.488 e. The lowest BCUT2D eigenvalue weighted by molar-refractivity contribution is -0.134. The Bertz CT molecular complexity index is 1850. The maximum absolute atomic E-state index is 13.6. The van der Waals surface area contributed by atoms with Gasteiger partial charge < -0.3 is 29.2 Å². The van der Waals surface area contributed by atoms with Crippen LogP contribution in [0.5, 0.6) is 5.75 Å². The van der Waals surface area contributed by atoms with Crippen molar-refractivity contribution in [3.8, 4) is 5.75 Å². The molecule has 5 rings (SSSR count). The van der Waals surface area contributed by atoms with E-state index in [4.69, 9.17) is 9.26 Å². The second-order valence-electron chi connectivity index (χ2n) is 12.2. The molecule has 13 heteroatoms. The fourth-order valence-electron chi connectivity index (χ4n) is 6.02. The molecule has 0 fully saturated rings. The number of hydrogen-bond donors (Lipinski definition) is 2. The Morgan fingerprint density at radius 1 is 1.22 bits per heavy atom. The number of hydrogen-bond acceptors (Lipinski definition) is 8. The molecule has 2 N–H and O–H groups in total. The molecular formula is C33H41N5O7S. The summed E-state index contributed by atoms with van der Waals surface area (Å²) in [5, 5.41) is 17.7. The number of fused-ring (bicyclic) bond motifs is 2. The molecule has 2 aromatic carbocycles. The number of aliphatic hydroxyl groups excluding tert-OH is 1. The molecule has 46 heavy (non-hydrogen) atoms. The summed E-state index contributed by atoms with van der Waals surface area (Å²) in [6.07, 6.45) is 1.42. The van der Waals surface area contributed by atoms with Gasteiger partial charge >= 0.3 is 0 Å². The third kappa shape index (κ3) is 6.67. The van der Waals surface area contributed by atoms with Crippen LogP contribution in [-0.2, 0) is 39.5 Å².